The summed E-state index contributed by atoms with van der Waals surface area (Å²) in [5.41, 5.74) is 0. The Morgan fingerprint density at radius 1 is 1.38 bits per heavy atom. The van der Waals surface area contributed by atoms with Gasteiger partial charge in [-0.05, 0) is 43.8 Å². The van der Waals surface area contributed by atoms with Crippen LogP contribution in [0.3, 0.4) is 0 Å². The summed E-state index contributed by atoms with van der Waals surface area (Å²) in [7, 11) is 1.81. The van der Waals surface area contributed by atoms with E-state index in [0.29, 0.717) is 12.5 Å². The lowest BCUT2D eigenvalue weighted by Crippen LogP contribution is -2.47. The molecule has 2 unspecified atom stereocenters. The number of thiophene rings is 1. The quantitative estimate of drug-likeness (QED) is 0.589. The van der Waals surface area contributed by atoms with Gasteiger partial charge >= 0.3 is 0 Å². The van der Waals surface area contributed by atoms with Gasteiger partial charge in [0.05, 0.1) is 6.04 Å². The Labute approximate surface area is 160 Å². The van der Waals surface area contributed by atoms with E-state index in [1.807, 2.05) is 30.2 Å². The zero-order chi connectivity index (χ0) is 18.4. The van der Waals surface area contributed by atoms with Crippen LogP contribution in [0.4, 0.5) is 0 Å². The van der Waals surface area contributed by atoms with Crippen molar-refractivity contribution in [2.24, 2.45) is 4.99 Å². The molecular weight excluding hydrogens is 346 g/mol. The molecular formula is C19H31N5OS. The predicted octanol–water partition coefficient (Wildman–Crippen LogP) is 2.06. The molecule has 2 fully saturated rings. The Hall–Kier alpha value is -1.60. The minimum atomic E-state index is 0.240. The zero-order valence-corrected chi connectivity index (χ0v) is 16.7. The van der Waals surface area contributed by atoms with Gasteiger partial charge in [-0.3, -0.25) is 14.7 Å². The highest BCUT2D eigenvalue weighted by Gasteiger charge is 2.27. The third-order valence-corrected chi connectivity index (χ3v) is 6.30. The maximum Gasteiger partial charge on any atom is 0.222 e. The van der Waals surface area contributed by atoms with Gasteiger partial charge in [0.1, 0.15) is 0 Å². The Bertz CT molecular complexity index is 597. The zero-order valence-electron chi connectivity index (χ0n) is 15.9. The van der Waals surface area contributed by atoms with Gasteiger partial charge in [-0.25, -0.2) is 0 Å². The average Bonchev–Trinajstić information content (AvgIpc) is 3.42. The minimum absolute atomic E-state index is 0.240. The first kappa shape index (κ1) is 19.2. The molecule has 0 aliphatic carbocycles. The molecule has 26 heavy (non-hydrogen) atoms. The van der Waals surface area contributed by atoms with Gasteiger partial charge in [0.2, 0.25) is 5.91 Å². The minimum Gasteiger partial charge on any atom is -0.354 e. The second kappa shape index (κ2) is 9.37. The molecule has 0 aromatic carbocycles. The van der Waals surface area contributed by atoms with E-state index in [-0.39, 0.29) is 11.9 Å². The monoisotopic (exact) mass is 377 g/mol. The molecule has 3 heterocycles. The first-order valence-electron chi connectivity index (χ1n) is 9.73. The van der Waals surface area contributed by atoms with Crippen LogP contribution in [0.5, 0.6) is 0 Å². The molecule has 1 aromatic rings. The Morgan fingerprint density at radius 2 is 2.19 bits per heavy atom. The van der Waals surface area contributed by atoms with Gasteiger partial charge in [-0.2, -0.15) is 0 Å². The second-order valence-electron chi connectivity index (χ2n) is 7.05. The summed E-state index contributed by atoms with van der Waals surface area (Å²) >= 11 is 1.83. The van der Waals surface area contributed by atoms with Crippen molar-refractivity contribution in [2.75, 3.05) is 39.8 Å². The van der Waals surface area contributed by atoms with Crippen molar-refractivity contribution in [3.63, 3.8) is 0 Å². The highest BCUT2D eigenvalue weighted by molar-refractivity contribution is 7.10. The summed E-state index contributed by atoms with van der Waals surface area (Å²) < 4.78 is 0. The summed E-state index contributed by atoms with van der Waals surface area (Å²) in [5, 5.41) is 9.17. The molecule has 0 radical (unpaired) electrons. The van der Waals surface area contributed by atoms with Crippen molar-refractivity contribution in [1.82, 2.24) is 20.4 Å². The summed E-state index contributed by atoms with van der Waals surface area (Å²) in [4.78, 5) is 22.2. The summed E-state index contributed by atoms with van der Waals surface area (Å²) in [6.07, 6.45) is 4.14. The van der Waals surface area contributed by atoms with Crippen LogP contribution in [-0.2, 0) is 4.79 Å². The number of amides is 1. The highest BCUT2D eigenvalue weighted by Crippen LogP contribution is 2.27. The first-order valence-corrected chi connectivity index (χ1v) is 10.6. The van der Waals surface area contributed by atoms with Crippen LogP contribution < -0.4 is 10.6 Å². The number of rotatable bonds is 6. The van der Waals surface area contributed by atoms with E-state index in [2.05, 4.69) is 38.0 Å². The number of likely N-dealkylation sites (tertiary alicyclic amines) is 2. The molecule has 2 aliphatic rings. The Morgan fingerprint density at radius 3 is 2.85 bits per heavy atom. The van der Waals surface area contributed by atoms with Gasteiger partial charge in [-0.1, -0.05) is 13.0 Å². The van der Waals surface area contributed by atoms with Crippen LogP contribution in [0.15, 0.2) is 22.5 Å². The van der Waals surface area contributed by atoms with E-state index >= 15 is 0 Å². The molecule has 144 valence electrons. The third kappa shape index (κ3) is 4.76. The van der Waals surface area contributed by atoms with Crippen LogP contribution >= 0.6 is 11.3 Å². The van der Waals surface area contributed by atoms with Crippen molar-refractivity contribution >= 4 is 23.2 Å². The maximum absolute atomic E-state index is 11.9. The fourth-order valence-corrected chi connectivity index (χ4v) is 4.71. The largest absolute Gasteiger partial charge is 0.354 e. The fourth-order valence-electron chi connectivity index (χ4n) is 3.85. The molecule has 2 atom stereocenters. The summed E-state index contributed by atoms with van der Waals surface area (Å²) in [6, 6.07) is 5.05. The van der Waals surface area contributed by atoms with Gasteiger partial charge in [0.25, 0.3) is 0 Å². The molecule has 2 aliphatic heterocycles. The van der Waals surface area contributed by atoms with Crippen molar-refractivity contribution < 1.29 is 4.79 Å². The fraction of sp³-hybridized carbons (Fsp3) is 0.684. The van der Waals surface area contributed by atoms with E-state index in [4.69, 9.17) is 0 Å². The number of nitrogens with zero attached hydrogens (tertiary/aromatic N) is 3. The molecule has 1 amide bonds. The number of hydrogen-bond donors (Lipinski definition) is 2. The van der Waals surface area contributed by atoms with Gasteiger partial charge < -0.3 is 15.5 Å². The van der Waals surface area contributed by atoms with Crippen molar-refractivity contribution in [3.05, 3.63) is 22.4 Å². The molecule has 6 nitrogen and oxygen atoms in total. The van der Waals surface area contributed by atoms with Gasteiger partial charge in [0.15, 0.2) is 5.96 Å². The van der Waals surface area contributed by atoms with Crippen LogP contribution in [0.25, 0.3) is 0 Å². The molecule has 0 bridgehead atoms. The van der Waals surface area contributed by atoms with E-state index in [0.717, 1.165) is 32.0 Å². The topological polar surface area (TPSA) is 60.0 Å². The number of hydrogen-bond acceptors (Lipinski definition) is 4. The molecule has 2 N–H and O–H groups in total. The normalized spacial score (nSPS) is 22.6. The average molecular weight is 378 g/mol. The van der Waals surface area contributed by atoms with E-state index in [1.165, 1.54) is 30.8 Å². The second-order valence-corrected chi connectivity index (χ2v) is 8.03. The summed E-state index contributed by atoms with van der Waals surface area (Å²) in [6.45, 7) is 6.73. The highest BCUT2D eigenvalue weighted by atomic mass is 32.1. The van der Waals surface area contributed by atoms with Gasteiger partial charge in [-0.15, -0.1) is 11.3 Å². The van der Waals surface area contributed by atoms with Crippen molar-refractivity contribution in [1.29, 1.82) is 0 Å². The lowest BCUT2D eigenvalue weighted by molar-refractivity contribution is -0.129. The molecule has 7 heteroatoms. The molecule has 1 aromatic heterocycles. The van der Waals surface area contributed by atoms with Gasteiger partial charge in [0, 0.05) is 44.0 Å². The lowest BCUT2D eigenvalue weighted by atomic mass is 10.2. The lowest BCUT2D eigenvalue weighted by Gasteiger charge is -2.28. The predicted molar refractivity (Wildman–Crippen MR) is 108 cm³/mol. The SMILES string of the molecule is CCC(=O)N1CCC(NC(=NC)NCC(c2cccs2)N2CCCC2)C1. The van der Waals surface area contributed by atoms with Crippen LogP contribution in [0.2, 0.25) is 0 Å². The summed E-state index contributed by atoms with van der Waals surface area (Å²) in [5.74, 6) is 1.07. The van der Waals surface area contributed by atoms with E-state index < -0.39 is 0 Å². The molecule has 2 saturated heterocycles. The van der Waals surface area contributed by atoms with E-state index in [1.54, 1.807) is 0 Å². The molecule has 3 rings (SSSR count). The van der Waals surface area contributed by atoms with Crippen molar-refractivity contribution in [3.8, 4) is 0 Å². The number of guanidine groups is 1. The number of nitrogens with one attached hydrogen (secondary N) is 2. The Balaban J connectivity index is 1.53. The maximum atomic E-state index is 11.9. The third-order valence-electron chi connectivity index (χ3n) is 5.32. The van der Waals surface area contributed by atoms with Crippen LogP contribution in [0, 0.1) is 0 Å². The number of carbonyl (C=O) groups excluding carboxylic acids is 1. The molecule has 0 spiro atoms. The number of aliphatic imine (C=N–C) groups is 1. The first-order chi connectivity index (χ1) is 12.7. The Kier molecular flexibility index (Phi) is 6.91. The van der Waals surface area contributed by atoms with Crippen LogP contribution in [0.1, 0.15) is 43.5 Å². The molecule has 0 saturated carbocycles. The van der Waals surface area contributed by atoms with Crippen LogP contribution in [-0.4, -0.2) is 67.5 Å². The smallest absolute Gasteiger partial charge is 0.222 e. The number of carbonyl (C=O) groups is 1. The standard InChI is InChI=1S/C19H31N5OS/c1-3-18(25)24-11-8-15(14-24)22-19(20-2)21-13-16(17-7-6-12-26-17)23-9-4-5-10-23/h6-7,12,15-16H,3-5,8-11,13-14H2,1-2H3,(H2,20,21,22). The van der Waals surface area contributed by atoms with Crippen molar-refractivity contribution in [2.45, 2.75) is 44.7 Å². The van der Waals surface area contributed by atoms with E-state index in [9.17, 15) is 4.79 Å².